The third-order valence-electron chi connectivity index (χ3n) is 3.20. The first-order valence-electron chi connectivity index (χ1n) is 5.16. The van der Waals surface area contributed by atoms with Crippen LogP contribution in [0.15, 0.2) is 12.7 Å². The predicted molar refractivity (Wildman–Crippen MR) is 50.1 cm³/mol. The summed E-state index contributed by atoms with van der Waals surface area (Å²) in [5, 5.41) is 0. The van der Waals surface area contributed by atoms with Gasteiger partial charge in [0.15, 0.2) is 0 Å². The lowest BCUT2D eigenvalue weighted by Crippen LogP contribution is -2.20. The summed E-state index contributed by atoms with van der Waals surface area (Å²) in [6, 6.07) is 0. The molecule has 0 spiro atoms. The van der Waals surface area contributed by atoms with E-state index in [1.165, 1.54) is 32.1 Å². The molecule has 0 bridgehead atoms. The van der Waals surface area contributed by atoms with Crippen molar-refractivity contribution in [1.82, 2.24) is 0 Å². The van der Waals surface area contributed by atoms with Crippen LogP contribution >= 0.6 is 0 Å². The number of hydrogen-bond donors (Lipinski definition) is 0. The molecule has 1 heteroatoms. The molecule has 0 unspecified atom stereocenters. The quantitative estimate of drug-likeness (QED) is 0.573. The van der Waals surface area contributed by atoms with Crippen LogP contribution in [0.4, 0.5) is 0 Å². The van der Waals surface area contributed by atoms with Crippen molar-refractivity contribution in [3.8, 4) is 0 Å². The molecule has 12 heavy (non-hydrogen) atoms. The predicted octanol–water partition coefficient (Wildman–Crippen LogP) is 2.91. The first-order valence-corrected chi connectivity index (χ1v) is 5.16. The van der Waals surface area contributed by atoms with Crippen molar-refractivity contribution < 1.29 is 4.74 Å². The lowest BCUT2D eigenvalue weighted by molar-refractivity contribution is 0.0206. The zero-order valence-corrected chi connectivity index (χ0v) is 7.67. The average molecular weight is 166 g/mol. The number of rotatable bonds is 2. The fourth-order valence-electron chi connectivity index (χ4n) is 2.60. The van der Waals surface area contributed by atoms with Gasteiger partial charge in [0.1, 0.15) is 0 Å². The summed E-state index contributed by atoms with van der Waals surface area (Å²) < 4.78 is 5.93. The molecule has 0 N–H and O–H groups in total. The van der Waals surface area contributed by atoms with Gasteiger partial charge in [-0.15, -0.1) is 6.58 Å². The largest absolute Gasteiger partial charge is 0.374 e. The van der Waals surface area contributed by atoms with Crippen LogP contribution in [0.25, 0.3) is 0 Å². The molecule has 2 aliphatic rings. The standard InChI is InChI=1S/C11H18O/c1-2-5-10-8-9-6-3-4-7-11(9)12-10/h2,9-11H,1,3-8H2/t9-,10-,11+/m0/s1. The van der Waals surface area contributed by atoms with E-state index in [2.05, 4.69) is 6.58 Å². The zero-order valence-electron chi connectivity index (χ0n) is 7.67. The van der Waals surface area contributed by atoms with E-state index in [9.17, 15) is 0 Å². The van der Waals surface area contributed by atoms with Gasteiger partial charge in [-0.3, -0.25) is 0 Å². The lowest BCUT2D eigenvalue weighted by atomic mass is 9.85. The third kappa shape index (κ3) is 1.56. The topological polar surface area (TPSA) is 9.23 Å². The highest BCUT2D eigenvalue weighted by atomic mass is 16.5. The molecule has 0 aromatic carbocycles. The molecule has 3 atom stereocenters. The summed E-state index contributed by atoms with van der Waals surface area (Å²) >= 11 is 0. The summed E-state index contributed by atoms with van der Waals surface area (Å²) in [4.78, 5) is 0. The Morgan fingerprint density at radius 1 is 1.33 bits per heavy atom. The van der Waals surface area contributed by atoms with Gasteiger partial charge in [-0.05, 0) is 31.6 Å². The summed E-state index contributed by atoms with van der Waals surface area (Å²) in [5.41, 5.74) is 0. The highest BCUT2D eigenvalue weighted by Gasteiger charge is 2.35. The van der Waals surface area contributed by atoms with Crippen LogP contribution in [0.5, 0.6) is 0 Å². The Morgan fingerprint density at radius 2 is 2.17 bits per heavy atom. The Hall–Kier alpha value is -0.300. The maximum absolute atomic E-state index is 5.93. The minimum absolute atomic E-state index is 0.496. The molecule has 0 aromatic heterocycles. The number of hydrogen-bond acceptors (Lipinski definition) is 1. The summed E-state index contributed by atoms with van der Waals surface area (Å²) in [7, 11) is 0. The zero-order chi connectivity index (χ0) is 8.39. The van der Waals surface area contributed by atoms with Crippen LogP contribution in [0.2, 0.25) is 0 Å². The molecule has 2 rings (SSSR count). The first-order chi connectivity index (χ1) is 5.90. The SMILES string of the molecule is C=CC[C@H]1C[C@@H]2CCCC[C@H]2O1. The van der Waals surface area contributed by atoms with E-state index in [4.69, 9.17) is 4.74 Å². The second kappa shape index (κ2) is 3.61. The van der Waals surface area contributed by atoms with E-state index in [1.54, 1.807) is 0 Å². The smallest absolute Gasteiger partial charge is 0.0616 e. The van der Waals surface area contributed by atoms with Crippen LogP contribution in [-0.4, -0.2) is 12.2 Å². The van der Waals surface area contributed by atoms with E-state index in [1.807, 2.05) is 6.08 Å². The van der Waals surface area contributed by atoms with E-state index < -0.39 is 0 Å². The normalized spacial score (nSPS) is 40.8. The van der Waals surface area contributed by atoms with Gasteiger partial charge in [-0.2, -0.15) is 0 Å². The van der Waals surface area contributed by atoms with Crippen molar-refractivity contribution in [2.45, 2.75) is 50.7 Å². The molecular weight excluding hydrogens is 148 g/mol. The third-order valence-corrected chi connectivity index (χ3v) is 3.20. The van der Waals surface area contributed by atoms with Crippen molar-refractivity contribution in [3.63, 3.8) is 0 Å². The van der Waals surface area contributed by atoms with Crippen LogP contribution in [0.1, 0.15) is 38.5 Å². The van der Waals surface area contributed by atoms with Crippen LogP contribution in [0, 0.1) is 5.92 Å². The van der Waals surface area contributed by atoms with Crippen molar-refractivity contribution in [2.24, 2.45) is 5.92 Å². The van der Waals surface area contributed by atoms with Crippen LogP contribution in [-0.2, 0) is 4.74 Å². The second-order valence-electron chi connectivity index (χ2n) is 4.10. The monoisotopic (exact) mass is 166 g/mol. The Balaban J connectivity index is 1.89. The minimum Gasteiger partial charge on any atom is -0.374 e. The highest BCUT2D eigenvalue weighted by Crippen LogP contribution is 2.38. The number of ether oxygens (including phenoxy) is 1. The fraction of sp³-hybridized carbons (Fsp3) is 0.818. The molecule has 1 heterocycles. The highest BCUT2D eigenvalue weighted by molar-refractivity contribution is 4.88. The van der Waals surface area contributed by atoms with Crippen molar-refractivity contribution >= 4 is 0 Å². The van der Waals surface area contributed by atoms with Gasteiger partial charge >= 0.3 is 0 Å². The van der Waals surface area contributed by atoms with Gasteiger partial charge < -0.3 is 4.74 Å². The van der Waals surface area contributed by atoms with E-state index >= 15 is 0 Å². The molecule has 1 saturated carbocycles. The molecule has 1 aliphatic heterocycles. The lowest BCUT2D eigenvalue weighted by Gasteiger charge is -2.23. The average Bonchev–Trinajstić information content (AvgIpc) is 2.47. The summed E-state index contributed by atoms with van der Waals surface area (Å²) in [5.74, 6) is 0.878. The van der Waals surface area contributed by atoms with Crippen molar-refractivity contribution in [2.75, 3.05) is 0 Å². The molecule has 0 aromatic rings. The molecule has 68 valence electrons. The van der Waals surface area contributed by atoms with Gasteiger partial charge in [0.05, 0.1) is 12.2 Å². The molecule has 0 amide bonds. The maximum Gasteiger partial charge on any atom is 0.0616 e. The molecule has 0 radical (unpaired) electrons. The summed E-state index contributed by atoms with van der Waals surface area (Å²) in [6.07, 6.45) is 10.9. The van der Waals surface area contributed by atoms with Gasteiger partial charge in [0.25, 0.3) is 0 Å². The second-order valence-corrected chi connectivity index (χ2v) is 4.10. The first kappa shape index (κ1) is 8.31. The van der Waals surface area contributed by atoms with Gasteiger partial charge in [-0.1, -0.05) is 18.9 Å². The van der Waals surface area contributed by atoms with Gasteiger partial charge in [-0.25, -0.2) is 0 Å². The Bertz CT molecular complexity index is 150. The molecule has 2 fully saturated rings. The maximum atomic E-state index is 5.93. The molecular formula is C11H18O. The van der Waals surface area contributed by atoms with E-state index in [-0.39, 0.29) is 0 Å². The van der Waals surface area contributed by atoms with Gasteiger partial charge in [0, 0.05) is 0 Å². The van der Waals surface area contributed by atoms with E-state index in [0.29, 0.717) is 12.2 Å². The molecule has 1 saturated heterocycles. The minimum atomic E-state index is 0.496. The fourth-order valence-corrected chi connectivity index (χ4v) is 2.60. The van der Waals surface area contributed by atoms with Crippen LogP contribution in [0.3, 0.4) is 0 Å². The molecule has 1 nitrogen and oxygen atoms in total. The summed E-state index contributed by atoms with van der Waals surface area (Å²) in [6.45, 7) is 3.76. The Kier molecular flexibility index (Phi) is 2.50. The Morgan fingerprint density at radius 3 is 2.92 bits per heavy atom. The van der Waals surface area contributed by atoms with Crippen molar-refractivity contribution in [1.29, 1.82) is 0 Å². The van der Waals surface area contributed by atoms with E-state index in [0.717, 1.165) is 12.3 Å². The Labute approximate surface area is 74.8 Å². The van der Waals surface area contributed by atoms with Crippen molar-refractivity contribution in [3.05, 3.63) is 12.7 Å². The number of fused-ring (bicyclic) bond motifs is 1. The molecule has 1 aliphatic carbocycles. The van der Waals surface area contributed by atoms with Crippen LogP contribution < -0.4 is 0 Å². The van der Waals surface area contributed by atoms with Gasteiger partial charge in [0.2, 0.25) is 0 Å².